The highest BCUT2D eigenvalue weighted by Crippen LogP contribution is 2.40. The van der Waals surface area contributed by atoms with Gasteiger partial charge in [0.25, 0.3) is 0 Å². The van der Waals surface area contributed by atoms with Crippen LogP contribution < -0.4 is 0 Å². The summed E-state index contributed by atoms with van der Waals surface area (Å²) < 4.78 is 5.69. The summed E-state index contributed by atoms with van der Waals surface area (Å²) in [7, 11) is 0. The van der Waals surface area contributed by atoms with Crippen LogP contribution in [0.3, 0.4) is 0 Å². The van der Waals surface area contributed by atoms with E-state index in [1.807, 2.05) is 0 Å². The molecule has 0 aromatic rings. The molecule has 0 aromatic carbocycles. The van der Waals surface area contributed by atoms with Crippen LogP contribution >= 0.6 is 0 Å². The number of piperidine rings is 1. The van der Waals surface area contributed by atoms with Crippen LogP contribution in [0, 0.1) is 5.92 Å². The van der Waals surface area contributed by atoms with Gasteiger partial charge in [0.2, 0.25) is 0 Å². The second-order valence-electron chi connectivity index (χ2n) is 5.26. The van der Waals surface area contributed by atoms with Gasteiger partial charge in [0.05, 0.1) is 13.2 Å². The standard InChI is InChI=1S/C12H23NO/c1-10(2)13-7-5-4-6-12(13)9-14-8-11(12)3/h10-11H,4-9H2,1-3H3/t11-,12+/m0/s1. The molecule has 0 radical (unpaired) electrons. The van der Waals surface area contributed by atoms with Crippen LogP contribution in [0.1, 0.15) is 40.0 Å². The monoisotopic (exact) mass is 197 g/mol. The third-order valence-corrected chi connectivity index (χ3v) is 4.09. The predicted octanol–water partition coefficient (Wildman–Crippen LogP) is 2.29. The van der Waals surface area contributed by atoms with Gasteiger partial charge in [-0.2, -0.15) is 0 Å². The minimum Gasteiger partial charge on any atom is -0.379 e. The summed E-state index contributed by atoms with van der Waals surface area (Å²) >= 11 is 0. The average molecular weight is 197 g/mol. The van der Waals surface area contributed by atoms with Crippen LogP contribution in [0.15, 0.2) is 0 Å². The fourth-order valence-electron chi connectivity index (χ4n) is 3.25. The second kappa shape index (κ2) is 3.82. The summed E-state index contributed by atoms with van der Waals surface area (Å²) in [6, 6.07) is 0.666. The van der Waals surface area contributed by atoms with Gasteiger partial charge < -0.3 is 4.74 Å². The average Bonchev–Trinajstić information content (AvgIpc) is 2.49. The van der Waals surface area contributed by atoms with E-state index in [9.17, 15) is 0 Å². The van der Waals surface area contributed by atoms with Crippen molar-refractivity contribution in [3.63, 3.8) is 0 Å². The quantitative estimate of drug-likeness (QED) is 0.639. The molecule has 0 amide bonds. The van der Waals surface area contributed by atoms with Gasteiger partial charge in [-0.3, -0.25) is 4.90 Å². The van der Waals surface area contributed by atoms with Crippen molar-refractivity contribution in [1.29, 1.82) is 0 Å². The van der Waals surface area contributed by atoms with E-state index in [1.54, 1.807) is 0 Å². The Morgan fingerprint density at radius 3 is 2.71 bits per heavy atom. The third-order valence-electron chi connectivity index (χ3n) is 4.09. The normalized spacial score (nSPS) is 39.9. The summed E-state index contributed by atoms with van der Waals surface area (Å²) in [5.41, 5.74) is 0.381. The molecular formula is C12H23NO. The van der Waals surface area contributed by atoms with Crippen molar-refractivity contribution in [1.82, 2.24) is 4.90 Å². The van der Waals surface area contributed by atoms with E-state index < -0.39 is 0 Å². The van der Waals surface area contributed by atoms with Crippen molar-refractivity contribution in [2.24, 2.45) is 5.92 Å². The first-order valence-electron chi connectivity index (χ1n) is 6.01. The molecule has 14 heavy (non-hydrogen) atoms. The molecule has 0 saturated carbocycles. The molecule has 2 nitrogen and oxygen atoms in total. The zero-order chi connectivity index (χ0) is 10.2. The maximum atomic E-state index is 5.69. The maximum absolute atomic E-state index is 5.69. The minimum atomic E-state index is 0.381. The van der Waals surface area contributed by atoms with Gasteiger partial charge in [0.15, 0.2) is 0 Å². The first kappa shape index (κ1) is 10.4. The Hall–Kier alpha value is -0.0800. The molecule has 2 saturated heterocycles. The second-order valence-corrected chi connectivity index (χ2v) is 5.26. The van der Waals surface area contributed by atoms with Gasteiger partial charge in [-0.1, -0.05) is 13.3 Å². The maximum Gasteiger partial charge on any atom is 0.0654 e. The van der Waals surface area contributed by atoms with Crippen molar-refractivity contribution in [2.75, 3.05) is 19.8 Å². The van der Waals surface area contributed by atoms with Gasteiger partial charge in [-0.25, -0.2) is 0 Å². The molecule has 0 aliphatic carbocycles. The molecule has 2 fully saturated rings. The molecule has 2 aliphatic rings. The lowest BCUT2D eigenvalue weighted by atomic mass is 9.78. The zero-order valence-corrected chi connectivity index (χ0v) is 9.75. The van der Waals surface area contributed by atoms with Crippen molar-refractivity contribution < 1.29 is 4.74 Å². The van der Waals surface area contributed by atoms with Crippen molar-refractivity contribution in [3.8, 4) is 0 Å². The highest BCUT2D eigenvalue weighted by atomic mass is 16.5. The van der Waals surface area contributed by atoms with Crippen molar-refractivity contribution >= 4 is 0 Å². The molecule has 2 heteroatoms. The van der Waals surface area contributed by atoms with Crippen molar-refractivity contribution in [3.05, 3.63) is 0 Å². The Bertz CT molecular complexity index is 204. The largest absolute Gasteiger partial charge is 0.379 e. The number of ether oxygens (including phenoxy) is 1. The highest BCUT2D eigenvalue weighted by Gasteiger charge is 2.47. The predicted molar refractivity (Wildman–Crippen MR) is 58.4 cm³/mol. The number of nitrogens with zero attached hydrogens (tertiary/aromatic N) is 1. The summed E-state index contributed by atoms with van der Waals surface area (Å²) in [6.07, 6.45) is 4.09. The van der Waals surface area contributed by atoms with Crippen LogP contribution in [0.4, 0.5) is 0 Å². The van der Waals surface area contributed by atoms with Crippen LogP contribution in [0.5, 0.6) is 0 Å². The van der Waals surface area contributed by atoms with Crippen LogP contribution in [-0.2, 0) is 4.74 Å². The molecule has 82 valence electrons. The van der Waals surface area contributed by atoms with Gasteiger partial charge in [-0.05, 0) is 33.2 Å². The van der Waals surface area contributed by atoms with Crippen LogP contribution in [0.25, 0.3) is 0 Å². The number of rotatable bonds is 1. The molecule has 0 unspecified atom stereocenters. The SMILES string of the molecule is CC(C)N1CCCC[C@]12COC[C@@H]2C. The third kappa shape index (κ3) is 1.49. The molecule has 2 aliphatic heterocycles. The lowest BCUT2D eigenvalue weighted by molar-refractivity contribution is -0.00696. The Morgan fingerprint density at radius 1 is 1.36 bits per heavy atom. The Morgan fingerprint density at radius 2 is 2.14 bits per heavy atom. The van der Waals surface area contributed by atoms with E-state index in [0.29, 0.717) is 17.5 Å². The van der Waals surface area contributed by atoms with E-state index in [1.165, 1.54) is 25.8 Å². The topological polar surface area (TPSA) is 12.5 Å². The van der Waals surface area contributed by atoms with Gasteiger partial charge >= 0.3 is 0 Å². The summed E-state index contributed by atoms with van der Waals surface area (Å²) in [6.45, 7) is 10.2. The fourth-order valence-corrected chi connectivity index (χ4v) is 3.25. The molecule has 0 bridgehead atoms. The smallest absolute Gasteiger partial charge is 0.0654 e. The van der Waals surface area contributed by atoms with E-state index in [-0.39, 0.29) is 0 Å². The summed E-state index contributed by atoms with van der Waals surface area (Å²) in [5.74, 6) is 0.713. The summed E-state index contributed by atoms with van der Waals surface area (Å²) in [5, 5.41) is 0. The number of hydrogen-bond acceptors (Lipinski definition) is 2. The first-order valence-corrected chi connectivity index (χ1v) is 6.01. The lowest BCUT2D eigenvalue weighted by Crippen LogP contribution is -2.58. The molecule has 2 atom stereocenters. The van der Waals surface area contributed by atoms with Crippen molar-refractivity contribution in [2.45, 2.75) is 51.6 Å². The van der Waals surface area contributed by atoms with E-state index in [0.717, 1.165) is 13.2 Å². The zero-order valence-electron chi connectivity index (χ0n) is 9.75. The molecule has 0 N–H and O–H groups in total. The Labute approximate surface area is 87.6 Å². The summed E-state index contributed by atoms with van der Waals surface area (Å²) in [4.78, 5) is 2.69. The molecule has 2 rings (SSSR count). The molecule has 0 aromatic heterocycles. The minimum absolute atomic E-state index is 0.381. The number of likely N-dealkylation sites (tertiary alicyclic amines) is 1. The first-order chi connectivity index (χ1) is 6.67. The Kier molecular flexibility index (Phi) is 2.85. The van der Waals surface area contributed by atoms with Crippen LogP contribution in [0.2, 0.25) is 0 Å². The lowest BCUT2D eigenvalue weighted by Gasteiger charge is -2.49. The van der Waals surface area contributed by atoms with Gasteiger partial charge in [0, 0.05) is 17.5 Å². The fraction of sp³-hybridized carbons (Fsp3) is 1.00. The van der Waals surface area contributed by atoms with E-state index in [4.69, 9.17) is 4.74 Å². The van der Waals surface area contributed by atoms with Crippen LogP contribution in [-0.4, -0.2) is 36.2 Å². The van der Waals surface area contributed by atoms with E-state index in [2.05, 4.69) is 25.7 Å². The van der Waals surface area contributed by atoms with Gasteiger partial charge in [-0.15, -0.1) is 0 Å². The highest BCUT2D eigenvalue weighted by molar-refractivity contribution is 5.01. The van der Waals surface area contributed by atoms with E-state index >= 15 is 0 Å². The number of hydrogen-bond donors (Lipinski definition) is 0. The molecule has 2 heterocycles. The molecule has 1 spiro atoms. The Balaban J connectivity index is 2.19. The molecular weight excluding hydrogens is 174 g/mol. The van der Waals surface area contributed by atoms with Gasteiger partial charge in [0.1, 0.15) is 0 Å².